The number of hydrogen-bond acceptors (Lipinski definition) is 9. The third-order valence-electron chi connectivity index (χ3n) is 2.57. The Morgan fingerprint density at radius 3 is 2.80 bits per heavy atom. The molecule has 20 heavy (non-hydrogen) atoms. The van der Waals surface area contributed by atoms with Gasteiger partial charge in [0, 0.05) is 19.9 Å². The van der Waals surface area contributed by atoms with E-state index >= 15 is 0 Å². The smallest absolute Gasteiger partial charge is 0.223 e. The van der Waals surface area contributed by atoms with Crippen molar-refractivity contribution in [2.45, 2.75) is 25.2 Å². The van der Waals surface area contributed by atoms with E-state index in [1.54, 1.807) is 13.8 Å². The van der Waals surface area contributed by atoms with Gasteiger partial charge in [0.05, 0.1) is 5.75 Å². The number of hydrogen-bond donors (Lipinski definition) is 2. The summed E-state index contributed by atoms with van der Waals surface area (Å²) in [5.41, 5.74) is 5.63. The van der Waals surface area contributed by atoms with Gasteiger partial charge in [-0.15, -0.1) is 0 Å². The highest BCUT2D eigenvalue weighted by atomic mass is 32.2. The summed E-state index contributed by atoms with van der Waals surface area (Å²) in [4.78, 5) is 4.14. The summed E-state index contributed by atoms with van der Waals surface area (Å²) in [6.07, 6.45) is 0.515. The van der Waals surface area contributed by atoms with E-state index < -0.39 is 9.84 Å². The van der Waals surface area contributed by atoms with Gasteiger partial charge in [-0.05, 0) is 11.5 Å². The Kier molecular flexibility index (Phi) is 4.23. The average Bonchev–Trinajstić information content (AvgIpc) is 2.96. The quantitative estimate of drug-likeness (QED) is 0.804. The van der Waals surface area contributed by atoms with Crippen LogP contribution in [0.3, 0.4) is 0 Å². The summed E-state index contributed by atoms with van der Waals surface area (Å²) in [7, 11) is -3.40. The molecule has 0 atom stereocenters. The van der Waals surface area contributed by atoms with E-state index in [4.69, 9.17) is 10.3 Å². The molecule has 0 aliphatic heterocycles. The standard InChI is InChI=1S/C10H15N5O3S2/c1-3-20(16,17)8-9(11)15-19-10(8)12-5-4-7-13-6(2)18-14-7/h12H,3-5H2,1-2H3,(H2,11,15). The monoisotopic (exact) mass is 317 g/mol. The van der Waals surface area contributed by atoms with Crippen LogP contribution in [0.1, 0.15) is 18.6 Å². The molecule has 0 saturated carbocycles. The fourth-order valence-corrected chi connectivity index (χ4v) is 3.78. The molecule has 0 saturated heterocycles. The normalized spacial score (nSPS) is 11.7. The summed E-state index contributed by atoms with van der Waals surface area (Å²) in [6, 6.07) is 0. The molecule has 8 nitrogen and oxygen atoms in total. The number of aryl methyl sites for hydroxylation is 1. The SMILES string of the molecule is CCS(=O)(=O)c1c(N)nsc1NCCc1noc(C)n1. The molecule has 10 heteroatoms. The highest BCUT2D eigenvalue weighted by molar-refractivity contribution is 7.91. The number of nitrogens with one attached hydrogen (secondary N) is 1. The van der Waals surface area contributed by atoms with E-state index in [2.05, 4.69) is 19.8 Å². The van der Waals surface area contributed by atoms with Crippen LogP contribution in [0.5, 0.6) is 0 Å². The molecule has 0 aliphatic carbocycles. The minimum Gasteiger partial charge on any atom is -0.382 e. The van der Waals surface area contributed by atoms with Crippen molar-refractivity contribution in [1.29, 1.82) is 0 Å². The van der Waals surface area contributed by atoms with E-state index in [9.17, 15) is 8.42 Å². The number of nitrogens with two attached hydrogens (primary N) is 1. The van der Waals surface area contributed by atoms with Crippen molar-refractivity contribution in [2.24, 2.45) is 0 Å². The molecule has 110 valence electrons. The van der Waals surface area contributed by atoms with Crippen molar-refractivity contribution >= 4 is 32.2 Å². The van der Waals surface area contributed by atoms with Gasteiger partial charge >= 0.3 is 0 Å². The van der Waals surface area contributed by atoms with E-state index in [-0.39, 0.29) is 16.5 Å². The minimum absolute atomic E-state index is 0.0195. The lowest BCUT2D eigenvalue weighted by molar-refractivity contribution is 0.387. The Hall–Kier alpha value is -1.68. The molecular formula is C10H15N5O3S2. The summed E-state index contributed by atoms with van der Waals surface area (Å²) >= 11 is 1.03. The van der Waals surface area contributed by atoms with Gasteiger partial charge in [-0.3, -0.25) is 0 Å². The number of nitrogens with zero attached hydrogens (tertiary/aromatic N) is 3. The first-order chi connectivity index (χ1) is 9.44. The highest BCUT2D eigenvalue weighted by Crippen LogP contribution is 2.32. The van der Waals surface area contributed by atoms with Gasteiger partial charge in [0.1, 0.15) is 9.90 Å². The van der Waals surface area contributed by atoms with Gasteiger partial charge in [0.15, 0.2) is 21.5 Å². The van der Waals surface area contributed by atoms with Crippen LogP contribution >= 0.6 is 11.5 Å². The Morgan fingerprint density at radius 1 is 1.45 bits per heavy atom. The van der Waals surface area contributed by atoms with Gasteiger partial charge in [-0.2, -0.15) is 9.36 Å². The molecule has 0 fully saturated rings. The van der Waals surface area contributed by atoms with Crippen molar-refractivity contribution in [1.82, 2.24) is 14.5 Å². The van der Waals surface area contributed by atoms with Crippen molar-refractivity contribution in [3.63, 3.8) is 0 Å². The van der Waals surface area contributed by atoms with Crippen LogP contribution in [-0.2, 0) is 16.3 Å². The van der Waals surface area contributed by atoms with Gasteiger partial charge in [-0.1, -0.05) is 12.1 Å². The van der Waals surface area contributed by atoms with Gasteiger partial charge in [0.25, 0.3) is 0 Å². The third kappa shape index (κ3) is 3.07. The van der Waals surface area contributed by atoms with Crippen molar-refractivity contribution in [3.8, 4) is 0 Å². The molecule has 0 bridgehead atoms. The second-order valence-corrected chi connectivity index (χ2v) is 7.02. The lowest BCUT2D eigenvalue weighted by atomic mass is 10.4. The largest absolute Gasteiger partial charge is 0.382 e. The molecule has 0 radical (unpaired) electrons. The zero-order valence-electron chi connectivity index (χ0n) is 11.1. The average molecular weight is 317 g/mol. The predicted octanol–water partition coefficient (Wildman–Crippen LogP) is 0.865. The summed E-state index contributed by atoms with van der Waals surface area (Å²) in [6.45, 7) is 3.74. The van der Waals surface area contributed by atoms with Gasteiger partial charge in [-0.25, -0.2) is 8.42 Å². The molecule has 3 N–H and O–H groups in total. The first-order valence-electron chi connectivity index (χ1n) is 5.95. The van der Waals surface area contributed by atoms with Crippen LogP contribution in [0.2, 0.25) is 0 Å². The molecule has 0 spiro atoms. The van der Waals surface area contributed by atoms with Crippen LogP contribution in [0.4, 0.5) is 10.8 Å². The van der Waals surface area contributed by atoms with Crippen molar-refractivity contribution in [3.05, 3.63) is 11.7 Å². The lowest BCUT2D eigenvalue weighted by Crippen LogP contribution is -2.11. The number of nitrogen functional groups attached to an aromatic ring is 1. The van der Waals surface area contributed by atoms with Crippen LogP contribution < -0.4 is 11.1 Å². The van der Waals surface area contributed by atoms with Gasteiger partial charge in [0.2, 0.25) is 5.89 Å². The maximum absolute atomic E-state index is 11.9. The van der Waals surface area contributed by atoms with Crippen LogP contribution in [0.25, 0.3) is 0 Å². The van der Waals surface area contributed by atoms with E-state index in [0.29, 0.717) is 29.7 Å². The predicted molar refractivity (Wildman–Crippen MR) is 75.5 cm³/mol. The third-order valence-corrected chi connectivity index (χ3v) is 5.31. The van der Waals surface area contributed by atoms with Crippen LogP contribution in [0.15, 0.2) is 9.42 Å². The summed E-state index contributed by atoms with van der Waals surface area (Å²) < 4.78 is 32.6. The zero-order chi connectivity index (χ0) is 14.8. The Morgan fingerprint density at radius 2 is 2.20 bits per heavy atom. The second-order valence-electron chi connectivity index (χ2n) is 4.04. The topological polar surface area (TPSA) is 124 Å². The van der Waals surface area contributed by atoms with E-state index in [0.717, 1.165) is 11.5 Å². The zero-order valence-corrected chi connectivity index (χ0v) is 12.7. The molecule has 0 unspecified atom stereocenters. The minimum atomic E-state index is -3.40. The Bertz CT molecular complexity index is 692. The summed E-state index contributed by atoms with van der Waals surface area (Å²) in [5, 5.41) is 7.21. The fraction of sp³-hybridized carbons (Fsp3) is 0.500. The number of anilines is 2. The molecule has 0 amide bonds. The molecule has 2 rings (SSSR count). The maximum Gasteiger partial charge on any atom is 0.223 e. The number of aromatic nitrogens is 3. The maximum atomic E-state index is 11.9. The Labute approximate surface area is 120 Å². The van der Waals surface area contributed by atoms with Crippen molar-refractivity contribution < 1.29 is 12.9 Å². The molecule has 0 aliphatic rings. The van der Waals surface area contributed by atoms with E-state index in [1.165, 1.54) is 0 Å². The molecule has 2 heterocycles. The van der Waals surface area contributed by atoms with Crippen LogP contribution in [0, 0.1) is 6.92 Å². The molecule has 2 aromatic heterocycles. The highest BCUT2D eigenvalue weighted by Gasteiger charge is 2.23. The van der Waals surface area contributed by atoms with Crippen molar-refractivity contribution in [2.75, 3.05) is 23.3 Å². The second kappa shape index (κ2) is 5.75. The Balaban J connectivity index is 2.07. The molecular weight excluding hydrogens is 302 g/mol. The summed E-state index contributed by atoms with van der Waals surface area (Å²) in [5.74, 6) is 1.08. The van der Waals surface area contributed by atoms with Crippen LogP contribution in [-0.4, -0.2) is 35.2 Å². The van der Waals surface area contributed by atoms with E-state index in [1.807, 2.05) is 0 Å². The van der Waals surface area contributed by atoms with Gasteiger partial charge < -0.3 is 15.6 Å². The number of rotatable bonds is 6. The first kappa shape index (κ1) is 14.7. The molecule has 2 aromatic rings. The number of sulfone groups is 1. The first-order valence-corrected chi connectivity index (χ1v) is 8.37. The lowest BCUT2D eigenvalue weighted by Gasteiger charge is -2.05. The fourth-order valence-electron chi connectivity index (χ4n) is 1.58. The molecule has 0 aromatic carbocycles.